The van der Waals surface area contributed by atoms with Crippen LogP contribution >= 0.6 is 15.9 Å². The normalized spacial score (nSPS) is 22.7. The molecule has 1 aliphatic carbocycles. The lowest BCUT2D eigenvalue weighted by molar-refractivity contribution is 0.483. The third-order valence-electron chi connectivity index (χ3n) is 3.01. The average Bonchev–Trinajstić information content (AvgIpc) is 2.62. The number of rotatable bonds is 4. The van der Waals surface area contributed by atoms with Gasteiger partial charge in [-0.3, -0.25) is 0 Å². The number of furan rings is 1. The van der Waals surface area contributed by atoms with Crippen molar-refractivity contribution < 1.29 is 12.8 Å². The standard InChI is InChI=1S/C10H15BrN2O3S/c1-10(2)4-8(10)13-17(14,15)7-3-6(5-12)16-9(7)11/h3,8,13H,4-5,12H2,1-2H3. The van der Waals surface area contributed by atoms with Crippen molar-refractivity contribution in [3.8, 4) is 0 Å². The van der Waals surface area contributed by atoms with E-state index in [1.54, 1.807) is 0 Å². The van der Waals surface area contributed by atoms with Crippen LogP contribution < -0.4 is 10.5 Å². The van der Waals surface area contributed by atoms with Crippen molar-refractivity contribution in [2.45, 2.75) is 37.8 Å². The summed E-state index contributed by atoms with van der Waals surface area (Å²) in [6.45, 7) is 4.22. The van der Waals surface area contributed by atoms with Gasteiger partial charge in [0.05, 0.1) is 6.54 Å². The molecule has 0 aliphatic heterocycles. The van der Waals surface area contributed by atoms with Gasteiger partial charge in [0.25, 0.3) is 0 Å². The zero-order chi connectivity index (χ0) is 12.8. The molecule has 1 unspecified atom stereocenters. The quantitative estimate of drug-likeness (QED) is 0.881. The minimum atomic E-state index is -3.53. The first-order valence-electron chi connectivity index (χ1n) is 5.27. The average molecular weight is 323 g/mol. The molecular formula is C10H15BrN2O3S. The topological polar surface area (TPSA) is 85.3 Å². The first kappa shape index (κ1) is 13.1. The Kier molecular flexibility index (Phi) is 3.14. The molecule has 3 N–H and O–H groups in total. The molecule has 1 saturated carbocycles. The number of nitrogens with one attached hydrogen (secondary N) is 1. The number of hydrogen-bond acceptors (Lipinski definition) is 4. The molecule has 0 bridgehead atoms. The van der Waals surface area contributed by atoms with E-state index in [2.05, 4.69) is 20.7 Å². The van der Waals surface area contributed by atoms with E-state index in [4.69, 9.17) is 10.2 Å². The molecule has 0 amide bonds. The lowest BCUT2D eigenvalue weighted by Crippen LogP contribution is -2.28. The van der Waals surface area contributed by atoms with Crippen molar-refractivity contribution in [1.82, 2.24) is 4.72 Å². The third-order valence-corrected chi connectivity index (χ3v) is 5.34. The summed E-state index contributed by atoms with van der Waals surface area (Å²) in [5, 5.41) is 0. The molecule has 1 fully saturated rings. The molecule has 1 atom stereocenters. The summed E-state index contributed by atoms with van der Waals surface area (Å²) in [4.78, 5) is 0.112. The molecular weight excluding hydrogens is 308 g/mol. The van der Waals surface area contributed by atoms with Crippen LogP contribution in [-0.4, -0.2) is 14.5 Å². The fourth-order valence-corrected chi connectivity index (χ4v) is 4.01. The summed E-state index contributed by atoms with van der Waals surface area (Å²) < 4.78 is 32.2. The van der Waals surface area contributed by atoms with E-state index in [9.17, 15) is 8.42 Å². The maximum Gasteiger partial charge on any atom is 0.245 e. The Morgan fingerprint density at radius 1 is 1.65 bits per heavy atom. The van der Waals surface area contributed by atoms with Crippen LogP contribution in [-0.2, 0) is 16.6 Å². The third kappa shape index (κ3) is 2.57. The van der Waals surface area contributed by atoms with Crippen LogP contribution in [0.15, 0.2) is 20.0 Å². The van der Waals surface area contributed by atoms with Gasteiger partial charge in [-0.1, -0.05) is 13.8 Å². The minimum absolute atomic E-state index is 0.00405. The maximum atomic E-state index is 12.1. The predicted octanol–water partition coefficient (Wildman–Crippen LogP) is 1.58. The largest absolute Gasteiger partial charge is 0.452 e. The molecule has 0 aromatic carbocycles. The van der Waals surface area contributed by atoms with Gasteiger partial charge in [0, 0.05) is 12.1 Å². The molecule has 0 radical (unpaired) electrons. The number of hydrogen-bond donors (Lipinski definition) is 2. The van der Waals surface area contributed by atoms with Gasteiger partial charge in [0.2, 0.25) is 10.0 Å². The maximum absolute atomic E-state index is 12.1. The van der Waals surface area contributed by atoms with Crippen molar-refractivity contribution in [2.24, 2.45) is 11.1 Å². The van der Waals surface area contributed by atoms with E-state index in [0.717, 1.165) is 6.42 Å². The highest BCUT2D eigenvalue weighted by atomic mass is 79.9. The molecule has 1 heterocycles. The summed E-state index contributed by atoms with van der Waals surface area (Å²) >= 11 is 3.09. The second-order valence-corrected chi connectivity index (χ2v) is 7.32. The van der Waals surface area contributed by atoms with E-state index in [1.165, 1.54) is 6.07 Å². The van der Waals surface area contributed by atoms with Crippen molar-refractivity contribution in [3.63, 3.8) is 0 Å². The van der Waals surface area contributed by atoms with Crippen LogP contribution in [0.3, 0.4) is 0 Å². The molecule has 1 aliphatic rings. The Labute approximate surface area is 109 Å². The molecule has 96 valence electrons. The van der Waals surface area contributed by atoms with Gasteiger partial charge in [-0.15, -0.1) is 0 Å². The van der Waals surface area contributed by atoms with Crippen LogP contribution in [0, 0.1) is 5.41 Å². The van der Waals surface area contributed by atoms with Gasteiger partial charge < -0.3 is 10.2 Å². The summed E-state index contributed by atoms with van der Waals surface area (Å²) in [6.07, 6.45) is 0.853. The Morgan fingerprint density at radius 3 is 2.65 bits per heavy atom. The van der Waals surface area contributed by atoms with Gasteiger partial charge in [0.15, 0.2) is 4.67 Å². The Hall–Kier alpha value is -0.370. The summed E-state index contributed by atoms with van der Waals surface area (Å²) in [5.41, 5.74) is 5.44. The monoisotopic (exact) mass is 322 g/mol. The second kappa shape index (κ2) is 4.08. The van der Waals surface area contributed by atoms with Gasteiger partial charge in [0.1, 0.15) is 10.7 Å². The Balaban J connectivity index is 2.23. The van der Waals surface area contributed by atoms with Crippen molar-refractivity contribution >= 4 is 26.0 Å². The van der Waals surface area contributed by atoms with Crippen LogP contribution in [0.2, 0.25) is 0 Å². The fourth-order valence-electron chi connectivity index (χ4n) is 1.60. The van der Waals surface area contributed by atoms with Crippen LogP contribution in [0.5, 0.6) is 0 Å². The minimum Gasteiger partial charge on any atom is -0.452 e. The molecule has 5 nitrogen and oxygen atoms in total. The van der Waals surface area contributed by atoms with Gasteiger partial charge >= 0.3 is 0 Å². The molecule has 0 spiro atoms. The molecule has 17 heavy (non-hydrogen) atoms. The summed E-state index contributed by atoms with van der Waals surface area (Å²) in [7, 11) is -3.53. The molecule has 7 heteroatoms. The zero-order valence-electron chi connectivity index (χ0n) is 9.66. The lowest BCUT2D eigenvalue weighted by atomic mass is 10.2. The van der Waals surface area contributed by atoms with Gasteiger partial charge in [-0.25, -0.2) is 13.1 Å². The molecule has 2 rings (SSSR count). The Bertz CT molecular complexity index is 536. The second-order valence-electron chi connectivity index (χ2n) is 4.92. The highest BCUT2D eigenvalue weighted by Crippen LogP contribution is 2.45. The highest BCUT2D eigenvalue weighted by Gasteiger charge is 2.48. The van der Waals surface area contributed by atoms with E-state index >= 15 is 0 Å². The first-order valence-corrected chi connectivity index (χ1v) is 7.54. The molecule has 1 aromatic heterocycles. The number of sulfonamides is 1. The first-order chi connectivity index (χ1) is 7.76. The predicted molar refractivity (Wildman–Crippen MR) is 66.8 cm³/mol. The van der Waals surface area contributed by atoms with E-state index < -0.39 is 10.0 Å². The van der Waals surface area contributed by atoms with Gasteiger partial charge in [-0.05, 0) is 27.8 Å². The number of halogens is 1. The summed E-state index contributed by atoms with van der Waals surface area (Å²) in [5.74, 6) is 0.437. The van der Waals surface area contributed by atoms with Crippen molar-refractivity contribution in [3.05, 3.63) is 16.5 Å². The van der Waals surface area contributed by atoms with Crippen molar-refractivity contribution in [2.75, 3.05) is 0 Å². The van der Waals surface area contributed by atoms with Crippen LogP contribution in [0.4, 0.5) is 0 Å². The molecule has 1 aromatic rings. The smallest absolute Gasteiger partial charge is 0.245 e. The van der Waals surface area contributed by atoms with E-state index in [1.807, 2.05) is 13.8 Å². The van der Waals surface area contributed by atoms with Gasteiger partial charge in [-0.2, -0.15) is 0 Å². The highest BCUT2D eigenvalue weighted by molar-refractivity contribution is 9.10. The summed E-state index contributed by atoms with van der Waals surface area (Å²) in [6, 6.07) is 1.44. The van der Waals surface area contributed by atoms with E-state index in [-0.39, 0.29) is 27.6 Å². The van der Waals surface area contributed by atoms with Crippen molar-refractivity contribution in [1.29, 1.82) is 0 Å². The van der Waals surface area contributed by atoms with Crippen LogP contribution in [0.1, 0.15) is 26.0 Å². The lowest BCUT2D eigenvalue weighted by Gasteiger charge is -2.06. The van der Waals surface area contributed by atoms with Crippen LogP contribution in [0.25, 0.3) is 0 Å². The Morgan fingerprint density at radius 2 is 2.24 bits per heavy atom. The number of nitrogens with two attached hydrogens (primary N) is 1. The van der Waals surface area contributed by atoms with E-state index in [0.29, 0.717) is 5.76 Å². The molecule has 0 saturated heterocycles. The zero-order valence-corrected chi connectivity index (χ0v) is 12.1. The fraction of sp³-hybridized carbons (Fsp3) is 0.600. The SMILES string of the molecule is CC1(C)CC1NS(=O)(=O)c1cc(CN)oc1Br.